The molecule has 2 rings (SSSR count). The van der Waals surface area contributed by atoms with Gasteiger partial charge in [0.05, 0.1) is 0 Å². The summed E-state index contributed by atoms with van der Waals surface area (Å²) in [5.74, 6) is 1.61. The Balaban J connectivity index is 2.12. The fourth-order valence-electron chi connectivity index (χ4n) is 3.43. The minimum atomic E-state index is 0.396. The molecule has 1 aliphatic carbocycles. The van der Waals surface area contributed by atoms with E-state index in [1.54, 1.807) is 5.56 Å². The van der Waals surface area contributed by atoms with Gasteiger partial charge in [-0.1, -0.05) is 39.0 Å². The Kier molecular flexibility index (Phi) is 4.35. The van der Waals surface area contributed by atoms with E-state index in [-0.39, 0.29) is 0 Å². The Morgan fingerprint density at radius 2 is 1.89 bits per heavy atom. The largest absolute Gasteiger partial charge is 0.316 e. The molecular weight excluding hydrogens is 230 g/mol. The molecule has 0 saturated heterocycles. The highest BCUT2D eigenvalue weighted by molar-refractivity contribution is 5.36. The highest BCUT2D eigenvalue weighted by atomic mass is 14.9. The number of aryl methyl sites for hydroxylation is 2. The van der Waals surface area contributed by atoms with Crippen molar-refractivity contribution >= 4 is 0 Å². The summed E-state index contributed by atoms with van der Waals surface area (Å²) in [5.41, 5.74) is 4.78. The predicted octanol–water partition coefficient (Wildman–Crippen LogP) is 4.22. The van der Waals surface area contributed by atoms with Crippen molar-refractivity contribution in [2.24, 2.45) is 11.8 Å². The maximum atomic E-state index is 3.68. The zero-order valence-electron chi connectivity index (χ0n) is 13.2. The van der Waals surface area contributed by atoms with Crippen molar-refractivity contribution in [2.75, 3.05) is 13.1 Å². The highest BCUT2D eigenvalue weighted by Crippen LogP contribution is 2.47. The van der Waals surface area contributed by atoms with E-state index in [9.17, 15) is 0 Å². The average molecular weight is 259 g/mol. The summed E-state index contributed by atoms with van der Waals surface area (Å²) in [4.78, 5) is 0. The topological polar surface area (TPSA) is 12.0 Å². The van der Waals surface area contributed by atoms with Crippen molar-refractivity contribution in [3.8, 4) is 0 Å². The summed E-state index contributed by atoms with van der Waals surface area (Å²) in [6.45, 7) is 13.6. The maximum absolute atomic E-state index is 3.68. The SMILES string of the molecule is Cc1ccc(C2(CNCC(C)C)CC(C)C2)cc1C. The minimum absolute atomic E-state index is 0.396. The first kappa shape index (κ1) is 14.6. The fourth-order valence-corrected chi connectivity index (χ4v) is 3.43. The van der Waals surface area contributed by atoms with E-state index in [4.69, 9.17) is 0 Å². The summed E-state index contributed by atoms with van der Waals surface area (Å²) in [6, 6.07) is 7.06. The van der Waals surface area contributed by atoms with Crippen LogP contribution in [0.3, 0.4) is 0 Å². The van der Waals surface area contributed by atoms with E-state index in [0.29, 0.717) is 5.41 Å². The van der Waals surface area contributed by atoms with Crippen molar-refractivity contribution in [3.63, 3.8) is 0 Å². The molecule has 1 nitrogen and oxygen atoms in total. The van der Waals surface area contributed by atoms with Crippen LogP contribution >= 0.6 is 0 Å². The summed E-state index contributed by atoms with van der Waals surface area (Å²) < 4.78 is 0. The summed E-state index contributed by atoms with van der Waals surface area (Å²) in [7, 11) is 0. The molecule has 0 heterocycles. The molecule has 0 unspecified atom stereocenters. The van der Waals surface area contributed by atoms with Crippen LogP contribution in [0.5, 0.6) is 0 Å². The summed E-state index contributed by atoms with van der Waals surface area (Å²) >= 11 is 0. The van der Waals surface area contributed by atoms with Gasteiger partial charge in [-0.05, 0) is 61.8 Å². The third-order valence-corrected chi connectivity index (χ3v) is 4.61. The lowest BCUT2D eigenvalue weighted by Gasteiger charge is -2.48. The Morgan fingerprint density at radius 3 is 2.42 bits per heavy atom. The standard InChI is InChI=1S/C18H29N/c1-13(2)11-19-12-18(9-14(3)10-18)17-7-6-15(4)16(5)8-17/h6-8,13-14,19H,9-12H2,1-5H3. The van der Waals surface area contributed by atoms with Gasteiger partial charge < -0.3 is 5.32 Å². The number of rotatable bonds is 5. The number of hydrogen-bond donors (Lipinski definition) is 1. The van der Waals surface area contributed by atoms with Gasteiger partial charge in [-0.2, -0.15) is 0 Å². The molecule has 0 aliphatic heterocycles. The smallest absolute Gasteiger partial charge is 0.00829 e. The molecule has 1 aromatic carbocycles. The lowest BCUT2D eigenvalue weighted by atomic mass is 9.59. The number of hydrogen-bond acceptors (Lipinski definition) is 1. The third kappa shape index (κ3) is 3.20. The number of nitrogens with one attached hydrogen (secondary N) is 1. The molecule has 1 saturated carbocycles. The van der Waals surface area contributed by atoms with Gasteiger partial charge >= 0.3 is 0 Å². The molecule has 1 aromatic rings. The van der Waals surface area contributed by atoms with Gasteiger partial charge in [-0.15, -0.1) is 0 Å². The van der Waals surface area contributed by atoms with Crippen LogP contribution in [0.25, 0.3) is 0 Å². The van der Waals surface area contributed by atoms with Crippen LogP contribution in [0.4, 0.5) is 0 Å². The second kappa shape index (κ2) is 5.66. The van der Waals surface area contributed by atoms with Crippen molar-refractivity contribution in [3.05, 3.63) is 34.9 Å². The molecule has 106 valence electrons. The van der Waals surface area contributed by atoms with Crippen molar-refractivity contribution < 1.29 is 0 Å². The van der Waals surface area contributed by atoms with Gasteiger partial charge in [-0.3, -0.25) is 0 Å². The Bertz CT molecular complexity index is 427. The van der Waals surface area contributed by atoms with Gasteiger partial charge in [0.15, 0.2) is 0 Å². The van der Waals surface area contributed by atoms with Gasteiger partial charge in [0, 0.05) is 12.0 Å². The fraction of sp³-hybridized carbons (Fsp3) is 0.667. The van der Waals surface area contributed by atoms with Crippen molar-refractivity contribution in [1.82, 2.24) is 5.32 Å². The van der Waals surface area contributed by atoms with Gasteiger partial charge in [0.1, 0.15) is 0 Å². The average Bonchev–Trinajstić information content (AvgIpc) is 2.29. The third-order valence-electron chi connectivity index (χ3n) is 4.61. The zero-order valence-corrected chi connectivity index (χ0v) is 13.2. The zero-order chi connectivity index (χ0) is 14.0. The maximum Gasteiger partial charge on any atom is 0.00829 e. The van der Waals surface area contributed by atoms with Gasteiger partial charge in [-0.25, -0.2) is 0 Å². The molecule has 0 spiro atoms. The minimum Gasteiger partial charge on any atom is -0.316 e. The molecule has 0 atom stereocenters. The van der Waals surface area contributed by atoms with Crippen LogP contribution in [0.15, 0.2) is 18.2 Å². The van der Waals surface area contributed by atoms with E-state index in [1.165, 1.54) is 24.0 Å². The van der Waals surface area contributed by atoms with Gasteiger partial charge in [0.25, 0.3) is 0 Å². The van der Waals surface area contributed by atoms with Crippen LogP contribution < -0.4 is 5.32 Å². The predicted molar refractivity (Wildman–Crippen MR) is 83.7 cm³/mol. The molecule has 1 heteroatoms. The Hall–Kier alpha value is -0.820. The quantitative estimate of drug-likeness (QED) is 0.835. The molecule has 1 aliphatic rings. The molecule has 0 aromatic heterocycles. The van der Waals surface area contributed by atoms with E-state index in [2.05, 4.69) is 58.1 Å². The van der Waals surface area contributed by atoms with Crippen molar-refractivity contribution in [2.45, 2.75) is 52.9 Å². The second-order valence-electron chi connectivity index (χ2n) is 7.12. The normalized spacial score (nSPS) is 26.5. The van der Waals surface area contributed by atoms with Gasteiger partial charge in [0.2, 0.25) is 0 Å². The molecule has 0 bridgehead atoms. The Labute approximate surface area is 118 Å². The monoisotopic (exact) mass is 259 g/mol. The van der Waals surface area contributed by atoms with E-state index in [1.807, 2.05) is 0 Å². The molecule has 1 fully saturated rings. The van der Waals surface area contributed by atoms with E-state index >= 15 is 0 Å². The molecule has 19 heavy (non-hydrogen) atoms. The first-order valence-electron chi connectivity index (χ1n) is 7.71. The number of benzene rings is 1. The van der Waals surface area contributed by atoms with E-state index in [0.717, 1.165) is 24.9 Å². The molecule has 1 N–H and O–H groups in total. The van der Waals surface area contributed by atoms with E-state index < -0.39 is 0 Å². The molecular formula is C18H29N. The van der Waals surface area contributed by atoms with Crippen LogP contribution in [0.2, 0.25) is 0 Å². The lowest BCUT2D eigenvalue weighted by Crippen LogP contribution is -2.48. The highest BCUT2D eigenvalue weighted by Gasteiger charge is 2.42. The summed E-state index contributed by atoms with van der Waals surface area (Å²) in [5, 5.41) is 3.68. The van der Waals surface area contributed by atoms with Crippen molar-refractivity contribution in [1.29, 1.82) is 0 Å². The van der Waals surface area contributed by atoms with Crippen LogP contribution in [-0.2, 0) is 5.41 Å². The molecule has 0 radical (unpaired) electrons. The van der Waals surface area contributed by atoms with Crippen LogP contribution in [0, 0.1) is 25.7 Å². The van der Waals surface area contributed by atoms with Crippen LogP contribution in [0.1, 0.15) is 50.3 Å². The Morgan fingerprint density at radius 1 is 1.21 bits per heavy atom. The first-order chi connectivity index (χ1) is 8.93. The molecule has 0 amide bonds. The lowest BCUT2D eigenvalue weighted by molar-refractivity contribution is 0.151. The van der Waals surface area contributed by atoms with Crippen LogP contribution in [-0.4, -0.2) is 13.1 Å². The second-order valence-corrected chi connectivity index (χ2v) is 7.12. The summed E-state index contributed by atoms with van der Waals surface area (Å²) in [6.07, 6.45) is 2.67. The first-order valence-corrected chi connectivity index (χ1v) is 7.71.